The molecule has 0 aliphatic carbocycles. The average Bonchev–Trinajstić information content (AvgIpc) is 2.40. The van der Waals surface area contributed by atoms with Gasteiger partial charge >= 0.3 is 0 Å². The third-order valence-corrected chi connectivity index (χ3v) is 4.02. The predicted molar refractivity (Wildman–Crippen MR) is 53.6 cm³/mol. The first-order valence-electron chi connectivity index (χ1n) is 5.39. The van der Waals surface area contributed by atoms with Crippen LogP contribution in [-0.4, -0.2) is 34.7 Å². The second-order valence-electron chi connectivity index (χ2n) is 5.69. The molecule has 0 aromatic carbocycles. The minimum absolute atomic E-state index is 0.0838. The normalized spacial score (nSPS) is 41.1. The first-order chi connectivity index (χ1) is 5.96. The van der Waals surface area contributed by atoms with Gasteiger partial charge in [0.1, 0.15) is 0 Å². The Labute approximate surface area is 80.9 Å². The summed E-state index contributed by atoms with van der Waals surface area (Å²) in [5, 5.41) is 9.72. The summed E-state index contributed by atoms with van der Waals surface area (Å²) in [6, 6.07) is 0. The van der Waals surface area contributed by atoms with Crippen molar-refractivity contribution in [2.45, 2.75) is 51.7 Å². The van der Waals surface area contributed by atoms with Crippen molar-refractivity contribution in [3.05, 3.63) is 0 Å². The Hall–Kier alpha value is -0.0800. The Balaban J connectivity index is 2.28. The molecule has 2 heteroatoms. The van der Waals surface area contributed by atoms with E-state index in [1.54, 1.807) is 0 Å². The Morgan fingerprint density at radius 1 is 1.38 bits per heavy atom. The van der Waals surface area contributed by atoms with Gasteiger partial charge in [0.25, 0.3) is 0 Å². The summed E-state index contributed by atoms with van der Waals surface area (Å²) in [6.07, 6.45) is 3.48. The van der Waals surface area contributed by atoms with Crippen LogP contribution in [0.5, 0.6) is 0 Å². The lowest BCUT2D eigenvalue weighted by molar-refractivity contribution is 0.0628. The van der Waals surface area contributed by atoms with Gasteiger partial charge in [-0.3, -0.25) is 4.90 Å². The van der Waals surface area contributed by atoms with Gasteiger partial charge in [0.2, 0.25) is 0 Å². The molecule has 2 unspecified atom stereocenters. The van der Waals surface area contributed by atoms with Crippen LogP contribution >= 0.6 is 0 Å². The van der Waals surface area contributed by atoms with Crippen molar-refractivity contribution >= 4 is 0 Å². The molecule has 2 aliphatic heterocycles. The van der Waals surface area contributed by atoms with Crippen LogP contribution < -0.4 is 0 Å². The highest BCUT2D eigenvalue weighted by Crippen LogP contribution is 2.49. The minimum atomic E-state index is -0.0838. The van der Waals surface area contributed by atoms with Crippen molar-refractivity contribution < 1.29 is 5.11 Å². The van der Waals surface area contributed by atoms with E-state index in [-0.39, 0.29) is 6.10 Å². The average molecular weight is 183 g/mol. The second-order valence-corrected chi connectivity index (χ2v) is 5.69. The Kier molecular flexibility index (Phi) is 1.97. The molecule has 0 radical (unpaired) electrons. The Bertz CT molecular complexity index is 209. The lowest BCUT2D eigenvalue weighted by Crippen LogP contribution is -2.48. The molecule has 13 heavy (non-hydrogen) atoms. The molecule has 2 fully saturated rings. The maximum atomic E-state index is 9.72. The zero-order valence-corrected chi connectivity index (χ0v) is 9.01. The van der Waals surface area contributed by atoms with E-state index in [9.17, 15) is 5.11 Å². The van der Waals surface area contributed by atoms with Crippen LogP contribution in [0.2, 0.25) is 0 Å². The number of hydrogen-bond donors (Lipinski definition) is 1. The van der Waals surface area contributed by atoms with E-state index in [4.69, 9.17) is 0 Å². The lowest BCUT2D eigenvalue weighted by atomic mass is 9.71. The molecule has 0 spiro atoms. The molecule has 2 saturated heterocycles. The van der Waals surface area contributed by atoms with Gasteiger partial charge < -0.3 is 5.11 Å². The maximum Gasteiger partial charge on any atom is 0.0685 e. The topological polar surface area (TPSA) is 23.5 Å². The van der Waals surface area contributed by atoms with Crippen LogP contribution in [0, 0.1) is 5.41 Å². The van der Waals surface area contributed by atoms with Gasteiger partial charge in [0.05, 0.1) is 6.10 Å². The van der Waals surface area contributed by atoms with Gasteiger partial charge in [0.15, 0.2) is 0 Å². The quantitative estimate of drug-likeness (QED) is 0.617. The maximum absolute atomic E-state index is 9.72. The summed E-state index contributed by atoms with van der Waals surface area (Å²) in [5.41, 5.74) is 0.605. The number of aliphatic hydroxyl groups excluding tert-OH is 1. The Morgan fingerprint density at radius 2 is 2.08 bits per heavy atom. The molecular formula is C11H21NO. The molecule has 2 heterocycles. The van der Waals surface area contributed by atoms with Crippen molar-refractivity contribution in [2.75, 3.05) is 13.1 Å². The predicted octanol–water partition coefficient (Wildman–Crippen LogP) is 1.63. The second kappa shape index (κ2) is 2.71. The first kappa shape index (κ1) is 9.47. The van der Waals surface area contributed by atoms with Crippen LogP contribution in [0.25, 0.3) is 0 Å². The summed E-state index contributed by atoms with van der Waals surface area (Å²) < 4.78 is 0. The van der Waals surface area contributed by atoms with E-state index >= 15 is 0 Å². The standard InChI is InChI=1S/C11H21NO/c1-10(2,3)11-5-4-6-12(11)8-9(13)7-11/h9,13H,4-8H2,1-3H3. The summed E-state index contributed by atoms with van der Waals surface area (Å²) in [6.45, 7) is 9.02. The first-order valence-corrected chi connectivity index (χ1v) is 5.39. The van der Waals surface area contributed by atoms with Crippen LogP contribution in [0.4, 0.5) is 0 Å². The molecular weight excluding hydrogens is 162 g/mol. The highest BCUT2D eigenvalue weighted by molar-refractivity contribution is 5.09. The van der Waals surface area contributed by atoms with E-state index in [0.717, 1.165) is 13.0 Å². The number of β-amino-alcohol motifs (C(OH)–C–C–N with tert-alkyl or cyclic N) is 1. The molecule has 76 valence electrons. The number of nitrogens with zero attached hydrogens (tertiary/aromatic N) is 1. The molecule has 2 aliphatic rings. The van der Waals surface area contributed by atoms with Crippen molar-refractivity contribution in [1.29, 1.82) is 0 Å². The molecule has 2 atom stereocenters. The SMILES string of the molecule is CC(C)(C)C12CCCN1CC(O)C2. The highest BCUT2D eigenvalue weighted by Gasteiger charge is 2.54. The minimum Gasteiger partial charge on any atom is -0.392 e. The monoisotopic (exact) mass is 183 g/mol. The lowest BCUT2D eigenvalue weighted by Gasteiger charge is -2.44. The highest BCUT2D eigenvalue weighted by atomic mass is 16.3. The van der Waals surface area contributed by atoms with E-state index in [1.165, 1.54) is 19.4 Å². The van der Waals surface area contributed by atoms with Crippen molar-refractivity contribution in [2.24, 2.45) is 5.41 Å². The number of aliphatic hydroxyl groups is 1. The molecule has 2 rings (SSSR count). The van der Waals surface area contributed by atoms with E-state index in [0.29, 0.717) is 11.0 Å². The molecule has 0 aromatic rings. The molecule has 0 aromatic heterocycles. The molecule has 0 saturated carbocycles. The number of fused-ring (bicyclic) bond motifs is 1. The fraction of sp³-hybridized carbons (Fsp3) is 1.00. The van der Waals surface area contributed by atoms with Crippen molar-refractivity contribution in [1.82, 2.24) is 4.90 Å². The summed E-state index contributed by atoms with van der Waals surface area (Å²) in [5.74, 6) is 0. The zero-order valence-electron chi connectivity index (χ0n) is 9.01. The van der Waals surface area contributed by atoms with E-state index in [1.807, 2.05) is 0 Å². The summed E-state index contributed by atoms with van der Waals surface area (Å²) in [4.78, 5) is 2.51. The van der Waals surface area contributed by atoms with E-state index < -0.39 is 0 Å². The van der Waals surface area contributed by atoms with Gasteiger partial charge in [-0.15, -0.1) is 0 Å². The third-order valence-electron chi connectivity index (χ3n) is 4.02. The van der Waals surface area contributed by atoms with E-state index in [2.05, 4.69) is 25.7 Å². The fourth-order valence-corrected chi connectivity index (χ4v) is 3.30. The number of rotatable bonds is 0. The van der Waals surface area contributed by atoms with Gasteiger partial charge in [-0.1, -0.05) is 20.8 Å². The van der Waals surface area contributed by atoms with Gasteiger partial charge in [0, 0.05) is 12.1 Å². The fourth-order valence-electron chi connectivity index (χ4n) is 3.30. The van der Waals surface area contributed by atoms with Crippen LogP contribution in [0.15, 0.2) is 0 Å². The van der Waals surface area contributed by atoms with Gasteiger partial charge in [-0.2, -0.15) is 0 Å². The smallest absolute Gasteiger partial charge is 0.0685 e. The molecule has 0 bridgehead atoms. The Morgan fingerprint density at radius 3 is 2.62 bits per heavy atom. The third kappa shape index (κ3) is 1.23. The summed E-state index contributed by atoms with van der Waals surface area (Å²) >= 11 is 0. The van der Waals surface area contributed by atoms with Crippen molar-refractivity contribution in [3.63, 3.8) is 0 Å². The molecule has 2 nitrogen and oxygen atoms in total. The van der Waals surface area contributed by atoms with Gasteiger partial charge in [-0.05, 0) is 31.2 Å². The van der Waals surface area contributed by atoms with Crippen LogP contribution in [0.3, 0.4) is 0 Å². The van der Waals surface area contributed by atoms with Crippen LogP contribution in [-0.2, 0) is 0 Å². The molecule has 0 amide bonds. The summed E-state index contributed by atoms with van der Waals surface area (Å²) in [7, 11) is 0. The largest absolute Gasteiger partial charge is 0.392 e. The van der Waals surface area contributed by atoms with Crippen LogP contribution in [0.1, 0.15) is 40.0 Å². The number of hydrogen-bond acceptors (Lipinski definition) is 2. The van der Waals surface area contributed by atoms with Crippen molar-refractivity contribution in [3.8, 4) is 0 Å². The zero-order chi connectivity index (χ0) is 9.69. The molecule has 1 N–H and O–H groups in total. The van der Waals surface area contributed by atoms with Gasteiger partial charge in [-0.25, -0.2) is 0 Å².